The molecule has 0 radical (unpaired) electrons. The van der Waals surface area contributed by atoms with E-state index in [1.54, 1.807) is 4.90 Å². The summed E-state index contributed by atoms with van der Waals surface area (Å²) in [6.07, 6.45) is 0.363. The average molecular weight is 359 g/mol. The fraction of sp³-hybridized carbons (Fsp3) is 0.526. The number of hydrogen-bond acceptors (Lipinski definition) is 4. The number of carbonyl (C=O) groups is 3. The van der Waals surface area contributed by atoms with E-state index in [1.165, 1.54) is 6.92 Å². The van der Waals surface area contributed by atoms with Gasteiger partial charge < -0.3 is 14.9 Å². The molecule has 0 bridgehead atoms. The summed E-state index contributed by atoms with van der Waals surface area (Å²) in [5.41, 5.74) is 0.983. The number of benzene rings is 1. The van der Waals surface area contributed by atoms with Gasteiger partial charge in [-0.3, -0.25) is 19.3 Å². The Labute approximate surface area is 153 Å². The number of carboxylic acid groups (broad SMARTS) is 1. The molecule has 1 N–H and O–H groups in total. The van der Waals surface area contributed by atoms with Crippen LogP contribution in [0.15, 0.2) is 30.3 Å². The van der Waals surface area contributed by atoms with Gasteiger partial charge in [0.25, 0.3) is 0 Å². The molecule has 3 rings (SSSR count). The van der Waals surface area contributed by atoms with Crippen molar-refractivity contribution in [2.24, 2.45) is 5.92 Å². The maximum absolute atomic E-state index is 12.6. The number of hydrogen-bond donors (Lipinski definition) is 1. The molecular formula is C19H25N3O4. The van der Waals surface area contributed by atoms with E-state index < -0.39 is 11.9 Å². The second-order valence-corrected chi connectivity index (χ2v) is 7.11. The molecule has 2 heterocycles. The van der Waals surface area contributed by atoms with Gasteiger partial charge in [0.05, 0.1) is 12.3 Å². The molecule has 140 valence electrons. The highest BCUT2D eigenvalue weighted by molar-refractivity contribution is 5.79. The van der Waals surface area contributed by atoms with Gasteiger partial charge in [0.1, 0.15) is 0 Å². The van der Waals surface area contributed by atoms with E-state index in [0.29, 0.717) is 39.1 Å². The second kappa shape index (κ2) is 7.86. The SMILES string of the molecule is CC(=O)N1C[C@H](C(=O)O)CN2CCN(C(=O)Cc3ccccc3)C[C@H]2C1. The second-order valence-electron chi connectivity index (χ2n) is 7.11. The predicted octanol–water partition coefficient (Wildman–Crippen LogP) is 0.305. The first kappa shape index (κ1) is 18.4. The molecule has 26 heavy (non-hydrogen) atoms. The third-order valence-corrected chi connectivity index (χ3v) is 5.28. The highest BCUT2D eigenvalue weighted by Crippen LogP contribution is 2.20. The van der Waals surface area contributed by atoms with E-state index in [0.717, 1.165) is 5.56 Å². The fourth-order valence-electron chi connectivity index (χ4n) is 3.76. The Hall–Kier alpha value is -2.41. The predicted molar refractivity (Wildman–Crippen MR) is 95.5 cm³/mol. The molecular weight excluding hydrogens is 334 g/mol. The highest BCUT2D eigenvalue weighted by atomic mass is 16.4. The summed E-state index contributed by atoms with van der Waals surface area (Å²) in [6.45, 7) is 4.35. The topological polar surface area (TPSA) is 81.2 Å². The smallest absolute Gasteiger partial charge is 0.309 e. The summed E-state index contributed by atoms with van der Waals surface area (Å²) < 4.78 is 0. The van der Waals surface area contributed by atoms with E-state index in [2.05, 4.69) is 4.90 Å². The van der Waals surface area contributed by atoms with E-state index in [1.807, 2.05) is 35.2 Å². The number of fused-ring (bicyclic) bond motifs is 1. The molecule has 0 unspecified atom stereocenters. The van der Waals surface area contributed by atoms with Crippen LogP contribution in [0.4, 0.5) is 0 Å². The van der Waals surface area contributed by atoms with Crippen LogP contribution in [0, 0.1) is 5.92 Å². The first-order valence-electron chi connectivity index (χ1n) is 8.98. The number of nitrogens with zero attached hydrogens (tertiary/aromatic N) is 3. The van der Waals surface area contributed by atoms with Crippen LogP contribution in [-0.2, 0) is 20.8 Å². The third kappa shape index (κ3) is 4.22. The highest BCUT2D eigenvalue weighted by Gasteiger charge is 2.37. The molecule has 0 aliphatic carbocycles. The molecule has 1 aromatic rings. The molecule has 7 heteroatoms. The van der Waals surface area contributed by atoms with Crippen molar-refractivity contribution in [1.29, 1.82) is 0 Å². The van der Waals surface area contributed by atoms with Crippen molar-refractivity contribution < 1.29 is 19.5 Å². The van der Waals surface area contributed by atoms with Crippen molar-refractivity contribution in [3.05, 3.63) is 35.9 Å². The van der Waals surface area contributed by atoms with Gasteiger partial charge in [-0.25, -0.2) is 0 Å². The summed E-state index contributed by atoms with van der Waals surface area (Å²) in [5.74, 6) is -1.51. The van der Waals surface area contributed by atoms with E-state index in [-0.39, 0.29) is 24.4 Å². The van der Waals surface area contributed by atoms with Crippen LogP contribution in [0.1, 0.15) is 12.5 Å². The molecule has 0 spiro atoms. The molecule has 0 aromatic heterocycles. The zero-order valence-electron chi connectivity index (χ0n) is 15.0. The number of amides is 2. The van der Waals surface area contributed by atoms with Crippen molar-refractivity contribution >= 4 is 17.8 Å². The summed E-state index contributed by atoms with van der Waals surface area (Å²) in [5, 5.41) is 9.43. The molecule has 2 fully saturated rings. The van der Waals surface area contributed by atoms with E-state index in [4.69, 9.17) is 0 Å². The van der Waals surface area contributed by atoms with E-state index >= 15 is 0 Å². The molecule has 2 aliphatic heterocycles. The van der Waals surface area contributed by atoms with Crippen molar-refractivity contribution in [2.75, 3.05) is 39.3 Å². The number of piperazine rings is 1. The zero-order valence-corrected chi connectivity index (χ0v) is 15.0. The minimum atomic E-state index is -0.875. The lowest BCUT2D eigenvalue weighted by molar-refractivity contribution is -0.143. The molecule has 0 saturated carbocycles. The monoisotopic (exact) mass is 359 g/mol. The van der Waals surface area contributed by atoms with Crippen molar-refractivity contribution in [3.8, 4) is 0 Å². The summed E-state index contributed by atoms with van der Waals surface area (Å²) >= 11 is 0. The van der Waals surface area contributed by atoms with Crippen molar-refractivity contribution in [1.82, 2.24) is 14.7 Å². The number of aliphatic carboxylic acids is 1. The molecule has 2 amide bonds. The Kier molecular flexibility index (Phi) is 5.56. The lowest BCUT2D eigenvalue weighted by atomic mass is 10.1. The van der Waals surface area contributed by atoms with Crippen LogP contribution < -0.4 is 0 Å². The van der Waals surface area contributed by atoms with Gasteiger partial charge in [0.2, 0.25) is 11.8 Å². The largest absolute Gasteiger partial charge is 0.481 e. The van der Waals surface area contributed by atoms with Gasteiger partial charge >= 0.3 is 5.97 Å². The van der Waals surface area contributed by atoms with Gasteiger partial charge in [-0.1, -0.05) is 30.3 Å². The molecule has 7 nitrogen and oxygen atoms in total. The van der Waals surface area contributed by atoms with Crippen LogP contribution >= 0.6 is 0 Å². The minimum Gasteiger partial charge on any atom is -0.481 e. The van der Waals surface area contributed by atoms with Crippen molar-refractivity contribution in [2.45, 2.75) is 19.4 Å². The van der Waals surface area contributed by atoms with Gasteiger partial charge in [0, 0.05) is 52.2 Å². The van der Waals surface area contributed by atoms with Crippen LogP contribution in [-0.4, -0.2) is 82.9 Å². The Morgan fingerprint density at radius 2 is 1.69 bits per heavy atom. The van der Waals surface area contributed by atoms with E-state index in [9.17, 15) is 19.5 Å². The summed E-state index contributed by atoms with van der Waals surface area (Å²) in [7, 11) is 0. The summed E-state index contributed by atoms with van der Waals surface area (Å²) in [6, 6.07) is 9.62. The number of rotatable bonds is 3. The quantitative estimate of drug-likeness (QED) is 0.840. The maximum atomic E-state index is 12.6. The lowest BCUT2D eigenvalue weighted by Crippen LogP contribution is -2.57. The van der Waals surface area contributed by atoms with Crippen LogP contribution in [0.3, 0.4) is 0 Å². The van der Waals surface area contributed by atoms with Crippen LogP contribution in [0.2, 0.25) is 0 Å². The van der Waals surface area contributed by atoms with Crippen molar-refractivity contribution in [3.63, 3.8) is 0 Å². The Morgan fingerprint density at radius 1 is 1.00 bits per heavy atom. The molecule has 2 aliphatic rings. The lowest BCUT2D eigenvalue weighted by Gasteiger charge is -2.41. The zero-order chi connectivity index (χ0) is 18.7. The normalized spacial score (nSPS) is 23.9. The molecule has 2 atom stereocenters. The standard InChI is InChI=1S/C19H25N3O4/c1-14(23)22-11-16(19(25)26)10-20-7-8-21(12-17(20)13-22)18(24)9-15-5-3-2-4-6-15/h2-6,16-17H,7-13H2,1H3,(H,25,26)/t16-,17+/m1/s1. The van der Waals surface area contributed by atoms with Gasteiger partial charge in [0.15, 0.2) is 0 Å². The Morgan fingerprint density at radius 3 is 2.35 bits per heavy atom. The molecule has 1 aromatic carbocycles. The first-order chi connectivity index (χ1) is 12.4. The van der Waals surface area contributed by atoms with Gasteiger partial charge in [-0.2, -0.15) is 0 Å². The van der Waals surface area contributed by atoms with Gasteiger partial charge in [-0.15, -0.1) is 0 Å². The van der Waals surface area contributed by atoms with Crippen LogP contribution in [0.5, 0.6) is 0 Å². The number of carbonyl (C=O) groups excluding carboxylic acids is 2. The minimum absolute atomic E-state index is 0.0169. The Bertz CT molecular complexity index is 679. The third-order valence-electron chi connectivity index (χ3n) is 5.28. The molecule has 2 saturated heterocycles. The summed E-state index contributed by atoms with van der Waals surface area (Å²) in [4.78, 5) is 41.6. The Balaban J connectivity index is 1.68. The average Bonchev–Trinajstić information content (AvgIpc) is 2.81. The fourth-order valence-corrected chi connectivity index (χ4v) is 3.76. The first-order valence-corrected chi connectivity index (χ1v) is 8.98. The van der Waals surface area contributed by atoms with Gasteiger partial charge in [-0.05, 0) is 5.56 Å². The van der Waals surface area contributed by atoms with Crippen LogP contribution in [0.25, 0.3) is 0 Å². The number of carboxylic acids is 1. The maximum Gasteiger partial charge on any atom is 0.309 e.